The van der Waals surface area contributed by atoms with Gasteiger partial charge in [0.1, 0.15) is 0 Å². The summed E-state index contributed by atoms with van der Waals surface area (Å²) in [6.45, 7) is 5.59. The van der Waals surface area contributed by atoms with Crippen LogP contribution in [-0.4, -0.2) is 63.6 Å². The van der Waals surface area contributed by atoms with Crippen LogP contribution in [0.5, 0.6) is 0 Å². The first-order valence-corrected chi connectivity index (χ1v) is 7.51. The lowest BCUT2D eigenvalue weighted by molar-refractivity contribution is 0.0255. The van der Waals surface area contributed by atoms with Crippen LogP contribution in [0.3, 0.4) is 0 Å². The van der Waals surface area contributed by atoms with E-state index >= 15 is 0 Å². The molecule has 1 aliphatic rings. The molecular formula is C15H32N2O2. The van der Waals surface area contributed by atoms with Gasteiger partial charge in [0.05, 0.1) is 12.7 Å². The van der Waals surface area contributed by atoms with E-state index in [1.807, 2.05) is 7.05 Å². The molecule has 0 radical (unpaired) electrons. The van der Waals surface area contributed by atoms with Crippen LogP contribution >= 0.6 is 0 Å². The van der Waals surface area contributed by atoms with E-state index in [1.165, 1.54) is 25.7 Å². The highest BCUT2D eigenvalue weighted by molar-refractivity contribution is 4.88. The highest BCUT2D eigenvalue weighted by Gasteiger charge is 2.34. The van der Waals surface area contributed by atoms with Gasteiger partial charge in [0.25, 0.3) is 0 Å². The van der Waals surface area contributed by atoms with E-state index in [1.54, 1.807) is 7.11 Å². The first kappa shape index (κ1) is 16.9. The van der Waals surface area contributed by atoms with Gasteiger partial charge in [-0.15, -0.1) is 0 Å². The summed E-state index contributed by atoms with van der Waals surface area (Å²) in [7, 11) is 5.78. The third kappa shape index (κ3) is 5.78. The van der Waals surface area contributed by atoms with E-state index in [2.05, 4.69) is 24.2 Å². The summed E-state index contributed by atoms with van der Waals surface area (Å²) < 4.78 is 4.99. The van der Waals surface area contributed by atoms with Crippen molar-refractivity contribution in [3.05, 3.63) is 0 Å². The monoisotopic (exact) mass is 272 g/mol. The molecule has 0 bridgehead atoms. The number of ether oxygens (including phenoxy) is 1. The first-order valence-electron chi connectivity index (χ1n) is 7.51. The van der Waals surface area contributed by atoms with Crippen LogP contribution in [0.4, 0.5) is 0 Å². The molecule has 1 fully saturated rings. The number of hydrogen-bond acceptors (Lipinski definition) is 4. The number of rotatable bonds is 8. The van der Waals surface area contributed by atoms with Gasteiger partial charge >= 0.3 is 0 Å². The van der Waals surface area contributed by atoms with E-state index in [4.69, 9.17) is 4.74 Å². The zero-order valence-electron chi connectivity index (χ0n) is 13.1. The molecule has 114 valence electrons. The van der Waals surface area contributed by atoms with E-state index in [0.29, 0.717) is 18.6 Å². The second kappa shape index (κ2) is 8.20. The van der Waals surface area contributed by atoms with Gasteiger partial charge in [-0.2, -0.15) is 0 Å². The molecule has 0 heterocycles. The van der Waals surface area contributed by atoms with Gasteiger partial charge < -0.3 is 20.1 Å². The Hall–Kier alpha value is -0.160. The zero-order chi connectivity index (χ0) is 14.3. The first-order chi connectivity index (χ1) is 9.01. The van der Waals surface area contributed by atoms with E-state index < -0.39 is 0 Å². The minimum Gasteiger partial charge on any atom is -0.389 e. The summed E-state index contributed by atoms with van der Waals surface area (Å²) in [6.07, 6.45) is 4.86. The molecule has 19 heavy (non-hydrogen) atoms. The molecule has 0 aliphatic heterocycles. The fourth-order valence-corrected chi connectivity index (χ4v) is 3.38. The van der Waals surface area contributed by atoms with Gasteiger partial charge in [0.15, 0.2) is 0 Å². The van der Waals surface area contributed by atoms with Crippen LogP contribution in [0.25, 0.3) is 0 Å². The van der Waals surface area contributed by atoms with Crippen LogP contribution in [-0.2, 0) is 4.74 Å². The Morgan fingerprint density at radius 3 is 2.58 bits per heavy atom. The van der Waals surface area contributed by atoms with Crippen molar-refractivity contribution in [3.63, 3.8) is 0 Å². The van der Waals surface area contributed by atoms with Crippen LogP contribution in [0, 0.1) is 11.3 Å². The maximum absolute atomic E-state index is 9.82. The number of hydrogen-bond donors (Lipinski definition) is 2. The third-order valence-corrected chi connectivity index (χ3v) is 4.37. The molecule has 0 aromatic heterocycles. The van der Waals surface area contributed by atoms with Gasteiger partial charge in [0.2, 0.25) is 0 Å². The molecule has 0 spiro atoms. The van der Waals surface area contributed by atoms with Gasteiger partial charge in [0, 0.05) is 26.7 Å². The summed E-state index contributed by atoms with van der Waals surface area (Å²) in [6, 6.07) is 0. The second-order valence-corrected chi connectivity index (χ2v) is 6.52. The second-order valence-electron chi connectivity index (χ2n) is 6.52. The van der Waals surface area contributed by atoms with Crippen molar-refractivity contribution < 1.29 is 9.84 Å². The summed E-state index contributed by atoms with van der Waals surface area (Å²) in [5, 5.41) is 13.2. The molecule has 0 aromatic rings. The highest BCUT2D eigenvalue weighted by atomic mass is 16.5. The Kier molecular flexibility index (Phi) is 7.29. The summed E-state index contributed by atoms with van der Waals surface area (Å²) in [5.41, 5.74) is 0.378. The highest BCUT2D eigenvalue weighted by Crippen LogP contribution is 2.38. The Morgan fingerprint density at radius 2 is 2.05 bits per heavy atom. The average molecular weight is 272 g/mol. The molecule has 4 nitrogen and oxygen atoms in total. The van der Waals surface area contributed by atoms with Gasteiger partial charge in [-0.25, -0.2) is 0 Å². The number of methoxy groups -OCH3 is 1. The molecule has 1 aliphatic carbocycles. The molecule has 1 rings (SSSR count). The normalized spacial score (nSPS) is 29.7. The van der Waals surface area contributed by atoms with Crippen LogP contribution in [0.15, 0.2) is 0 Å². The van der Waals surface area contributed by atoms with Crippen molar-refractivity contribution in [3.8, 4) is 0 Å². The lowest BCUT2D eigenvalue weighted by Gasteiger charge is -2.42. The van der Waals surface area contributed by atoms with Crippen molar-refractivity contribution in [2.24, 2.45) is 11.3 Å². The number of likely N-dealkylation sites (N-methyl/N-ethyl adjacent to an activating group) is 1. The van der Waals surface area contributed by atoms with Crippen LogP contribution in [0.2, 0.25) is 0 Å². The van der Waals surface area contributed by atoms with Gasteiger partial charge in [-0.05, 0) is 38.3 Å². The Bertz CT molecular complexity index is 240. The lowest BCUT2D eigenvalue weighted by Crippen LogP contribution is -2.46. The Balaban J connectivity index is 2.48. The fourth-order valence-electron chi connectivity index (χ4n) is 3.38. The average Bonchev–Trinajstić information content (AvgIpc) is 2.33. The van der Waals surface area contributed by atoms with Crippen molar-refractivity contribution in [1.82, 2.24) is 10.2 Å². The van der Waals surface area contributed by atoms with E-state index in [9.17, 15) is 5.11 Å². The van der Waals surface area contributed by atoms with E-state index in [0.717, 1.165) is 19.0 Å². The van der Waals surface area contributed by atoms with Crippen LogP contribution in [0.1, 0.15) is 32.6 Å². The topological polar surface area (TPSA) is 44.7 Å². The summed E-state index contributed by atoms with van der Waals surface area (Å²) >= 11 is 0. The number of aliphatic hydroxyl groups excluding tert-OH is 1. The van der Waals surface area contributed by atoms with Gasteiger partial charge in [-0.1, -0.05) is 19.8 Å². The molecule has 4 heteroatoms. The number of nitrogens with one attached hydrogen (secondary N) is 1. The molecule has 0 aromatic carbocycles. The smallest absolute Gasteiger partial charge is 0.0899 e. The van der Waals surface area contributed by atoms with Gasteiger partial charge in [-0.3, -0.25) is 0 Å². The molecular weight excluding hydrogens is 240 g/mol. The minimum absolute atomic E-state index is 0.378. The Morgan fingerprint density at radius 1 is 1.42 bits per heavy atom. The summed E-state index contributed by atoms with van der Waals surface area (Å²) in [4.78, 5) is 2.26. The SMILES string of the molecule is CNCC1(CN(C)CC(O)COC)CCC(C)CC1. The van der Waals surface area contributed by atoms with E-state index in [-0.39, 0.29) is 6.10 Å². The maximum Gasteiger partial charge on any atom is 0.0899 e. The molecule has 1 unspecified atom stereocenters. The van der Waals surface area contributed by atoms with Crippen molar-refractivity contribution in [1.29, 1.82) is 0 Å². The fraction of sp³-hybridized carbons (Fsp3) is 1.00. The third-order valence-electron chi connectivity index (χ3n) is 4.37. The minimum atomic E-state index is -0.385. The quantitative estimate of drug-likeness (QED) is 0.700. The van der Waals surface area contributed by atoms with Crippen molar-refractivity contribution >= 4 is 0 Å². The maximum atomic E-state index is 9.82. The predicted octanol–water partition coefficient (Wildman–Crippen LogP) is 1.34. The van der Waals surface area contributed by atoms with Crippen molar-refractivity contribution in [2.75, 3.05) is 47.4 Å². The molecule has 0 saturated heterocycles. The Labute approximate surface area is 118 Å². The standard InChI is InChI=1S/C15H32N2O2/c1-13-5-7-15(8-6-13,11-16-2)12-17(3)9-14(18)10-19-4/h13-14,16,18H,5-12H2,1-4H3. The molecule has 1 saturated carbocycles. The molecule has 0 amide bonds. The molecule has 1 atom stereocenters. The largest absolute Gasteiger partial charge is 0.389 e. The summed E-state index contributed by atoms with van der Waals surface area (Å²) in [5.74, 6) is 0.870. The molecule has 2 N–H and O–H groups in total. The predicted molar refractivity (Wildman–Crippen MR) is 79.4 cm³/mol. The van der Waals surface area contributed by atoms with Crippen LogP contribution < -0.4 is 5.32 Å². The number of nitrogens with zero attached hydrogens (tertiary/aromatic N) is 1. The lowest BCUT2D eigenvalue weighted by atomic mass is 9.70. The van der Waals surface area contributed by atoms with Crippen molar-refractivity contribution in [2.45, 2.75) is 38.7 Å². The zero-order valence-corrected chi connectivity index (χ0v) is 13.1. The number of aliphatic hydroxyl groups is 1.